The molecule has 2 rings (SSSR count). The number of Topliss-reactive ketones (excluding diaryl/α,β-unsaturated/α-hetero) is 1. The maximum absolute atomic E-state index is 12.1. The van der Waals surface area contributed by atoms with E-state index in [1.807, 2.05) is 19.9 Å². The molecule has 1 aromatic rings. The highest BCUT2D eigenvalue weighted by Gasteiger charge is 2.29. The first-order chi connectivity index (χ1) is 9.40. The van der Waals surface area contributed by atoms with Gasteiger partial charge in [0.1, 0.15) is 5.57 Å². The van der Waals surface area contributed by atoms with Gasteiger partial charge in [-0.3, -0.25) is 14.4 Å². The highest BCUT2D eigenvalue weighted by molar-refractivity contribution is 8.04. The van der Waals surface area contributed by atoms with Crippen molar-refractivity contribution in [2.24, 2.45) is 5.73 Å². The number of rotatable bonds is 3. The molecule has 0 atom stereocenters. The zero-order chi connectivity index (χ0) is 14.9. The summed E-state index contributed by atoms with van der Waals surface area (Å²) < 4.78 is 0. The zero-order valence-corrected chi connectivity index (χ0v) is 12.0. The number of nitrogens with one attached hydrogen (secondary N) is 1. The number of hydrogen-bond donors (Lipinski definition) is 2. The lowest BCUT2D eigenvalue weighted by atomic mass is 10.1. The van der Waals surface area contributed by atoms with E-state index < -0.39 is 5.91 Å². The molecule has 104 valence electrons. The number of carbonyl (C=O) groups is 3. The fourth-order valence-electron chi connectivity index (χ4n) is 1.81. The largest absolute Gasteiger partial charge is 0.365 e. The predicted octanol–water partition coefficient (Wildman–Crippen LogP) is 1.05. The Kier molecular flexibility index (Phi) is 3.94. The van der Waals surface area contributed by atoms with Crippen molar-refractivity contribution in [2.75, 3.05) is 5.75 Å². The Morgan fingerprint density at radius 1 is 1.25 bits per heavy atom. The second-order valence-electron chi connectivity index (χ2n) is 4.53. The zero-order valence-electron chi connectivity index (χ0n) is 11.1. The molecule has 0 radical (unpaired) electrons. The summed E-state index contributed by atoms with van der Waals surface area (Å²) in [5, 5.41) is 2.83. The fourth-order valence-corrected chi connectivity index (χ4v) is 2.76. The van der Waals surface area contributed by atoms with Crippen molar-refractivity contribution < 1.29 is 14.4 Å². The Morgan fingerprint density at radius 3 is 2.55 bits per heavy atom. The number of ketones is 1. The summed E-state index contributed by atoms with van der Waals surface area (Å²) in [7, 11) is 0. The number of amides is 2. The van der Waals surface area contributed by atoms with E-state index >= 15 is 0 Å². The summed E-state index contributed by atoms with van der Waals surface area (Å²) in [4.78, 5) is 34.8. The number of carbonyl (C=O) groups excluding carboxylic acids is 3. The van der Waals surface area contributed by atoms with Gasteiger partial charge in [0.25, 0.3) is 11.8 Å². The summed E-state index contributed by atoms with van der Waals surface area (Å²) in [5.74, 6) is -1.39. The van der Waals surface area contributed by atoms with Crippen LogP contribution in [0.1, 0.15) is 21.5 Å². The molecule has 1 heterocycles. The summed E-state index contributed by atoms with van der Waals surface area (Å²) in [6, 6.07) is 5.31. The monoisotopic (exact) mass is 290 g/mol. The number of aryl methyl sites for hydroxylation is 2. The van der Waals surface area contributed by atoms with Crippen molar-refractivity contribution >= 4 is 29.4 Å². The lowest BCUT2D eigenvalue weighted by Gasteiger charge is -2.08. The van der Waals surface area contributed by atoms with E-state index in [4.69, 9.17) is 5.73 Å². The maximum Gasteiger partial charge on any atom is 0.256 e. The Balaban J connectivity index is 2.25. The van der Waals surface area contributed by atoms with E-state index in [-0.39, 0.29) is 28.0 Å². The summed E-state index contributed by atoms with van der Waals surface area (Å²) in [6.45, 7) is 3.87. The smallest absolute Gasteiger partial charge is 0.256 e. The molecule has 2 amide bonds. The van der Waals surface area contributed by atoms with Crippen molar-refractivity contribution in [1.82, 2.24) is 5.32 Å². The van der Waals surface area contributed by atoms with Crippen LogP contribution < -0.4 is 11.1 Å². The van der Waals surface area contributed by atoms with Crippen molar-refractivity contribution in [3.63, 3.8) is 0 Å². The highest BCUT2D eigenvalue weighted by Crippen LogP contribution is 2.26. The van der Waals surface area contributed by atoms with E-state index in [2.05, 4.69) is 5.32 Å². The van der Waals surface area contributed by atoms with Gasteiger partial charge in [0, 0.05) is 5.56 Å². The molecule has 6 heteroatoms. The van der Waals surface area contributed by atoms with Gasteiger partial charge in [0.15, 0.2) is 5.78 Å². The number of benzene rings is 1. The van der Waals surface area contributed by atoms with Crippen LogP contribution in [-0.2, 0) is 9.59 Å². The van der Waals surface area contributed by atoms with Crippen molar-refractivity contribution in [2.45, 2.75) is 13.8 Å². The van der Waals surface area contributed by atoms with Crippen LogP contribution in [0.2, 0.25) is 0 Å². The molecule has 0 spiro atoms. The molecule has 0 aliphatic carbocycles. The molecule has 1 aliphatic rings. The molecule has 3 N–H and O–H groups in total. The normalized spacial score (nSPS) is 14.6. The van der Waals surface area contributed by atoms with Crippen molar-refractivity contribution in [1.29, 1.82) is 0 Å². The molecule has 5 nitrogen and oxygen atoms in total. The lowest BCUT2D eigenvalue weighted by Crippen LogP contribution is -2.26. The Morgan fingerprint density at radius 2 is 1.95 bits per heavy atom. The standard InChI is InChI=1S/C14H14N2O3S/c1-7-3-4-9(5-8(7)2)13(19)16-14-11(12(15)18)10(17)6-20-14/h3-5H,6H2,1-2H3,(H2,15,18)(H,16,19). The fraction of sp³-hybridized carbons (Fsp3) is 0.214. The van der Waals surface area contributed by atoms with Gasteiger partial charge in [0.05, 0.1) is 10.8 Å². The van der Waals surface area contributed by atoms with Crippen LogP contribution in [-0.4, -0.2) is 23.4 Å². The van der Waals surface area contributed by atoms with Gasteiger partial charge in [-0.15, -0.1) is 0 Å². The summed E-state index contributed by atoms with van der Waals surface area (Å²) in [6.07, 6.45) is 0. The topological polar surface area (TPSA) is 89.3 Å². The van der Waals surface area contributed by atoms with E-state index in [0.717, 1.165) is 22.9 Å². The van der Waals surface area contributed by atoms with Crippen LogP contribution in [0.25, 0.3) is 0 Å². The first kappa shape index (κ1) is 14.3. The Labute approximate surface area is 120 Å². The van der Waals surface area contributed by atoms with Gasteiger partial charge in [-0.1, -0.05) is 17.8 Å². The molecule has 0 aromatic heterocycles. The first-order valence-electron chi connectivity index (χ1n) is 5.99. The third-order valence-electron chi connectivity index (χ3n) is 3.10. The van der Waals surface area contributed by atoms with Crippen LogP contribution in [0.5, 0.6) is 0 Å². The molecular formula is C14H14N2O3S. The average molecular weight is 290 g/mol. The van der Waals surface area contributed by atoms with Crippen LogP contribution in [0.15, 0.2) is 28.8 Å². The van der Waals surface area contributed by atoms with Gasteiger partial charge < -0.3 is 11.1 Å². The second kappa shape index (κ2) is 5.50. The van der Waals surface area contributed by atoms with Gasteiger partial charge in [-0.05, 0) is 37.1 Å². The van der Waals surface area contributed by atoms with Gasteiger partial charge in [0.2, 0.25) is 0 Å². The van der Waals surface area contributed by atoms with Crippen LogP contribution in [0.4, 0.5) is 0 Å². The summed E-state index contributed by atoms with van der Waals surface area (Å²) in [5.41, 5.74) is 7.60. The van der Waals surface area contributed by atoms with E-state index in [1.165, 1.54) is 0 Å². The lowest BCUT2D eigenvalue weighted by molar-refractivity contribution is -0.119. The van der Waals surface area contributed by atoms with Gasteiger partial charge >= 0.3 is 0 Å². The average Bonchev–Trinajstić information content (AvgIpc) is 2.73. The minimum Gasteiger partial charge on any atom is -0.365 e. The quantitative estimate of drug-likeness (QED) is 0.814. The van der Waals surface area contributed by atoms with Crippen LogP contribution >= 0.6 is 11.8 Å². The number of hydrogen-bond acceptors (Lipinski definition) is 4. The third kappa shape index (κ3) is 2.75. The van der Waals surface area contributed by atoms with Crippen molar-refractivity contribution in [3.8, 4) is 0 Å². The summed E-state index contributed by atoms with van der Waals surface area (Å²) >= 11 is 1.11. The highest BCUT2D eigenvalue weighted by atomic mass is 32.2. The number of primary amides is 1. The molecule has 1 aromatic carbocycles. The molecule has 0 saturated carbocycles. The Bertz CT molecular complexity index is 650. The van der Waals surface area contributed by atoms with Crippen LogP contribution in [0, 0.1) is 13.8 Å². The van der Waals surface area contributed by atoms with Gasteiger partial charge in [-0.25, -0.2) is 0 Å². The molecule has 0 bridgehead atoms. The number of nitrogens with two attached hydrogens (primary N) is 1. The first-order valence-corrected chi connectivity index (χ1v) is 6.97. The minimum atomic E-state index is -0.810. The minimum absolute atomic E-state index is 0.118. The molecule has 1 aliphatic heterocycles. The van der Waals surface area contributed by atoms with E-state index in [9.17, 15) is 14.4 Å². The second-order valence-corrected chi connectivity index (χ2v) is 5.52. The predicted molar refractivity (Wildman–Crippen MR) is 77.1 cm³/mol. The number of thioether (sulfide) groups is 1. The molecular weight excluding hydrogens is 276 g/mol. The molecule has 20 heavy (non-hydrogen) atoms. The molecule has 0 unspecified atom stereocenters. The van der Waals surface area contributed by atoms with E-state index in [0.29, 0.717) is 5.56 Å². The van der Waals surface area contributed by atoms with Crippen LogP contribution in [0.3, 0.4) is 0 Å². The third-order valence-corrected chi connectivity index (χ3v) is 4.10. The van der Waals surface area contributed by atoms with E-state index in [1.54, 1.807) is 12.1 Å². The Hall–Kier alpha value is -2.08. The maximum atomic E-state index is 12.1. The van der Waals surface area contributed by atoms with Crippen molar-refractivity contribution in [3.05, 3.63) is 45.5 Å². The SMILES string of the molecule is Cc1ccc(C(=O)NC2=C(C(N)=O)C(=O)CS2)cc1C. The van der Waals surface area contributed by atoms with Gasteiger partial charge in [-0.2, -0.15) is 0 Å². The molecule has 0 saturated heterocycles. The molecule has 0 fully saturated rings.